The van der Waals surface area contributed by atoms with Crippen LogP contribution in [0.15, 0.2) is 44.3 Å². The van der Waals surface area contributed by atoms with E-state index in [9.17, 15) is 9.90 Å². The van der Waals surface area contributed by atoms with E-state index in [0.717, 1.165) is 41.0 Å². The van der Waals surface area contributed by atoms with Crippen molar-refractivity contribution in [2.45, 2.75) is 43.6 Å². The van der Waals surface area contributed by atoms with E-state index in [2.05, 4.69) is 26.9 Å². The van der Waals surface area contributed by atoms with Gasteiger partial charge in [-0.1, -0.05) is 24.8 Å². The molecule has 29 heavy (non-hydrogen) atoms. The Hall–Kier alpha value is -2.01. The lowest BCUT2D eigenvalue weighted by Crippen LogP contribution is -2.47. The van der Waals surface area contributed by atoms with Crippen molar-refractivity contribution in [3.8, 4) is 10.8 Å². The average molecular weight is 434 g/mol. The molecule has 0 radical (unpaired) electrons. The predicted molar refractivity (Wildman–Crippen MR) is 112 cm³/mol. The van der Waals surface area contributed by atoms with Gasteiger partial charge in [0.05, 0.1) is 17.0 Å². The summed E-state index contributed by atoms with van der Waals surface area (Å²) in [4.78, 5) is 23.9. The van der Waals surface area contributed by atoms with Gasteiger partial charge in [-0.2, -0.15) is 4.68 Å². The molecule has 8 nitrogen and oxygen atoms in total. The summed E-state index contributed by atoms with van der Waals surface area (Å²) >= 11 is 3.08. The number of rotatable bonds is 7. The van der Waals surface area contributed by atoms with Gasteiger partial charge in [0.2, 0.25) is 0 Å². The van der Waals surface area contributed by atoms with E-state index in [0.29, 0.717) is 18.7 Å². The Bertz CT molecular complexity index is 976. The second-order valence-electron chi connectivity index (χ2n) is 7.12. The number of hydrogen-bond donors (Lipinski definition) is 1. The van der Waals surface area contributed by atoms with E-state index in [-0.39, 0.29) is 6.54 Å². The van der Waals surface area contributed by atoms with Crippen molar-refractivity contribution in [3.05, 3.63) is 46.0 Å². The van der Waals surface area contributed by atoms with Crippen LogP contribution in [0.2, 0.25) is 0 Å². The third-order valence-corrected chi connectivity index (χ3v) is 6.55. The van der Waals surface area contributed by atoms with Crippen LogP contribution in [0, 0.1) is 0 Å². The molecule has 0 amide bonds. The third kappa shape index (κ3) is 4.95. The lowest BCUT2D eigenvalue weighted by Gasteiger charge is -2.37. The molecular weight excluding hydrogens is 410 g/mol. The van der Waals surface area contributed by atoms with E-state index >= 15 is 0 Å². The highest BCUT2D eigenvalue weighted by molar-refractivity contribution is 7.99. The lowest BCUT2D eigenvalue weighted by molar-refractivity contribution is -0.0392. The standard InChI is InChI=1S/C19H23N5O3S2/c1-2-28-17-20-10-14(11-21-17)12-23-7-5-19(26,6-8-23)13-24-18(25)27-16(22-24)15-4-3-9-29-15/h3-4,9-11,26H,2,5-8,12-13H2,1H3. The van der Waals surface area contributed by atoms with Gasteiger partial charge in [0.15, 0.2) is 5.16 Å². The minimum absolute atomic E-state index is 0.139. The summed E-state index contributed by atoms with van der Waals surface area (Å²) in [7, 11) is 0. The van der Waals surface area contributed by atoms with Gasteiger partial charge in [-0.3, -0.25) is 4.90 Å². The first kappa shape index (κ1) is 20.3. The van der Waals surface area contributed by atoms with Crippen molar-refractivity contribution in [1.82, 2.24) is 24.6 Å². The molecule has 1 saturated heterocycles. The van der Waals surface area contributed by atoms with Gasteiger partial charge in [-0.05, 0) is 30.0 Å². The number of aliphatic hydroxyl groups is 1. The van der Waals surface area contributed by atoms with E-state index < -0.39 is 11.4 Å². The largest absolute Gasteiger partial charge is 0.437 e. The van der Waals surface area contributed by atoms with Crippen LogP contribution in [-0.2, 0) is 13.1 Å². The van der Waals surface area contributed by atoms with Crippen LogP contribution < -0.4 is 5.76 Å². The van der Waals surface area contributed by atoms with Crippen molar-refractivity contribution < 1.29 is 9.52 Å². The highest BCUT2D eigenvalue weighted by Crippen LogP contribution is 2.26. The van der Waals surface area contributed by atoms with Gasteiger partial charge in [-0.15, -0.1) is 16.4 Å². The molecule has 0 saturated carbocycles. The summed E-state index contributed by atoms with van der Waals surface area (Å²) in [5.41, 5.74) is 0.0893. The molecule has 4 rings (SSSR count). The SMILES string of the molecule is CCSc1ncc(CN2CCC(O)(Cn3nc(-c4cccs4)oc3=O)CC2)cn1. The van der Waals surface area contributed by atoms with Crippen molar-refractivity contribution in [1.29, 1.82) is 0 Å². The molecule has 0 spiro atoms. The molecular formula is C19H23N5O3S2. The molecule has 0 aliphatic carbocycles. The summed E-state index contributed by atoms with van der Waals surface area (Å²) in [6, 6.07) is 3.73. The Balaban J connectivity index is 1.34. The maximum Gasteiger partial charge on any atom is 0.437 e. The Labute approximate surface area is 176 Å². The summed E-state index contributed by atoms with van der Waals surface area (Å²) < 4.78 is 6.48. The zero-order valence-corrected chi connectivity index (χ0v) is 17.8. The second-order valence-corrected chi connectivity index (χ2v) is 9.29. The molecule has 1 aliphatic rings. The van der Waals surface area contributed by atoms with Gasteiger partial charge in [0, 0.05) is 37.6 Å². The number of hydrogen-bond acceptors (Lipinski definition) is 9. The Morgan fingerprint density at radius 2 is 2.07 bits per heavy atom. The normalized spacial score (nSPS) is 16.9. The van der Waals surface area contributed by atoms with Crippen LogP contribution in [0.25, 0.3) is 10.8 Å². The third-order valence-electron chi connectivity index (χ3n) is 4.93. The van der Waals surface area contributed by atoms with Crippen LogP contribution >= 0.6 is 23.1 Å². The predicted octanol–water partition coefficient (Wildman–Crippen LogP) is 2.49. The number of aromatic nitrogens is 4. The fourth-order valence-corrected chi connectivity index (χ4v) is 4.51. The first-order chi connectivity index (χ1) is 14.0. The fraction of sp³-hybridized carbons (Fsp3) is 0.474. The summed E-state index contributed by atoms with van der Waals surface area (Å²) in [6.07, 6.45) is 4.86. The molecule has 0 aromatic carbocycles. The average Bonchev–Trinajstić information content (AvgIpc) is 3.36. The van der Waals surface area contributed by atoms with E-state index in [1.807, 2.05) is 29.9 Å². The molecule has 154 valence electrons. The number of piperidine rings is 1. The molecule has 3 aromatic heterocycles. The summed E-state index contributed by atoms with van der Waals surface area (Å²) in [5, 5.41) is 17.9. The Morgan fingerprint density at radius 1 is 1.31 bits per heavy atom. The van der Waals surface area contributed by atoms with Crippen molar-refractivity contribution in [2.75, 3.05) is 18.8 Å². The van der Waals surface area contributed by atoms with E-state index in [1.54, 1.807) is 11.8 Å². The molecule has 1 N–H and O–H groups in total. The first-order valence-electron chi connectivity index (χ1n) is 9.55. The minimum Gasteiger partial charge on any atom is -0.388 e. The van der Waals surface area contributed by atoms with Crippen molar-refractivity contribution in [3.63, 3.8) is 0 Å². The van der Waals surface area contributed by atoms with Gasteiger partial charge in [-0.25, -0.2) is 14.8 Å². The summed E-state index contributed by atoms with van der Waals surface area (Å²) in [6.45, 7) is 4.42. The van der Waals surface area contributed by atoms with Gasteiger partial charge < -0.3 is 9.52 Å². The number of thiophene rings is 1. The van der Waals surface area contributed by atoms with Gasteiger partial charge >= 0.3 is 5.76 Å². The zero-order valence-electron chi connectivity index (χ0n) is 16.2. The van der Waals surface area contributed by atoms with Crippen LogP contribution in [0.1, 0.15) is 25.3 Å². The monoisotopic (exact) mass is 433 g/mol. The van der Waals surface area contributed by atoms with Crippen LogP contribution in [0.4, 0.5) is 0 Å². The first-order valence-corrected chi connectivity index (χ1v) is 11.4. The van der Waals surface area contributed by atoms with Crippen LogP contribution in [0.5, 0.6) is 0 Å². The molecule has 3 aromatic rings. The summed E-state index contributed by atoms with van der Waals surface area (Å²) in [5.74, 6) is 0.718. The van der Waals surface area contributed by atoms with Crippen LogP contribution in [0.3, 0.4) is 0 Å². The smallest absolute Gasteiger partial charge is 0.388 e. The maximum atomic E-state index is 12.1. The molecule has 0 atom stereocenters. The molecule has 0 unspecified atom stereocenters. The maximum absolute atomic E-state index is 12.1. The molecule has 4 heterocycles. The topological polar surface area (TPSA) is 97.3 Å². The lowest BCUT2D eigenvalue weighted by atomic mass is 9.91. The van der Waals surface area contributed by atoms with Gasteiger partial charge in [0.1, 0.15) is 0 Å². The molecule has 0 bridgehead atoms. The second kappa shape index (κ2) is 8.78. The van der Waals surface area contributed by atoms with E-state index in [1.165, 1.54) is 16.0 Å². The molecule has 1 aliphatic heterocycles. The van der Waals surface area contributed by atoms with Crippen molar-refractivity contribution >= 4 is 23.1 Å². The highest BCUT2D eigenvalue weighted by atomic mass is 32.2. The minimum atomic E-state index is -0.970. The quantitative estimate of drug-likeness (QED) is 0.448. The van der Waals surface area contributed by atoms with Gasteiger partial charge in [0.25, 0.3) is 5.89 Å². The zero-order chi connectivity index (χ0) is 20.3. The Kier molecular flexibility index (Phi) is 6.14. The van der Waals surface area contributed by atoms with Crippen molar-refractivity contribution in [2.24, 2.45) is 0 Å². The highest BCUT2D eigenvalue weighted by Gasteiger charge is 2.34. The molecule has 10 heteroatoms. The molecule has 1 fully saturated rings. The Morgan fingerprint density at radius 3 is 2.72 bits per heavy atom. The number of nitrogens with zero attached hydrogens (tertiary/aromatic N) is 5. The number of thioether (sulfide) groups is 1. The van der Waals surface area contributed by atoms with Crippen LogP contribution in [-0.4, -0.2) is 54.2 Å². The number of likely N-dealkylation sites (tertiary alicyclic amines) is 1. The van der Waals surface area contributed by atoms with E-state index in [4.69, 9.17) is 4.42 Å². The fourth-order valence-electron chi connectivity index (χ4n) is 3.36.